The van der Waals surface area contributed by atoms with Gasteiger partial charge >= 0.3 is 0 Å². The van der Waals surface area contributed by atoms with E-state index in [4.69, 9.17) is 11.6 Å². The lowest BCUT2D eigenvalue weighted by molar-refractivity contribution is 0.187. The van der Waals surface area contributed by atoms with E-state index in [-0.39, 0.29) is 6.54 Å². The fourth-order valence-corrected chi connectivity index (χ4v) is 3.36. The Bertz CT molecular complexity index is 951. The average Bonchev–Trinajstić information content (AvgIpc) is 3.04. The number of fused-ring (bicyclic) bond motifs is 1. The normalized spacial score (nSPS) is 12.9. The van der Waals surface area contributed by atoms with Gasteiger partial charge in [0.05, 0.1) is 23.7 Å². The van der Waals surface area contributed by atoms with E-state index in [1.165, 1.54) is 0 Å². The van der Waals surface area contributed by atoms with Gasteiger partial charge in [-0.1, -0.05) is 35.9 Å². The monoisotopic (exact) mass is 413 g/mol. The molecule has 0 saturated carbocycles. The number of guanidine groups is 1. The summed E-state index contributed by atoms with van der Waals surface area (Å²) in [5.74, 6) is 1.73. The molecule has 3 rings (SSSR count). The number of hydrogen-bond donors (Lipinski definition) is 3. The molecule has 0 bridgehead atoms. The van der Waals surface area contributed by atoms with Gasteiger partial charge in [-0.25, -0.2) is 4.98 Å². The van der Waals surface area contributed by atoms with Crippen LogP contribution in [0, 0.1) is 6.92 Å². The summed E-state index contributed by atoms with van der Waals surface area (Å²) in [5, 5.41) is 17.6. The minimum Gasteiger partial charge on any atom is -0.386 e. The molecule has 3 aromatic rings. The van der Waals surface area contributed by atoms with Crippen molar-refractivity contribution >= 4 is 28.6 Å². The van der Waals surface area contributed by atoms with Gasteiger partial charge in [0.1, 0.15) is 5.82 Å². The van der Waals surface area contributed by atoms with Gasteiger partial charge in [0.2, 0.25) is 0 Å². The topological polar surface area (TPSA) is 74.5 Å². The fourth-order valence-electron chi connectivity index (χ4n) is 3.23. The van der Waals surface area contributed by atoms with Crippen LogP contribution in [0.15, 0.2) is 53.5 Å². The Kier molecular flexibility index (Phi) is 7.49. The van der Waals surface area contributed by atoms with Crippen LogP contribution in [-0.2, 0) is 6.54 Å². The van der Waals surface area contributed by atoms with E-state index < -0.39 is 6.10 Å². The molecule has 1 aromatic heterocycles. The van der Waals surface area contributed by atoms with E-state index in [9.17, 15) is 5.11 Å². The highest BCUT2D eigenvalue weighted by atomic mass is 35.5. The summed E-state index contributed by atoms with van der Waals surface area (Å²) < 4.78 is 2.24. The van der Waals surface area contributed by atoms with Gasteiger partial charge in [-0.15, -0.1) is 0 Å². The predicted molar refractivity (Wildman–Crippen MR) is 119 cm³/mol. The third-order valence-electron chi connectivity index (χ3n) is 4.72. The number of nitrogens with one attached hydrogen (secondary N) is 2. The number of hydrogen-bond acceptors (Lipinski definition) is 3. The predicted octanol–water partition coefficient (Wildman–Crippen LogP) is 3.68. The number of rotatable bonds is 8. The highest BCUT2D eigenvalue weighted by Crippen LogP contribution is 2.17. The first kappa shape index (κ1) is 21.1. The van der Waals surface area contributed by atoms with Crippen LogP contribution in [0.3, 0.4) is 0 Å². The SMILES string of the molecule is CCNC(=NCC(O)c1ccc(Cl)cc1)NCCCn1c(C)nc2ccccc21. The van der Waals surface area contributed by atoms with Gasteiger partial charge < -0.3 is 20.3 Å². The van der Waals surface area contributed by atoms with Gasteiger partial charge in [0.15, 0.2) is 5.96 Å². The maximum Gasteiger partial charge on any atom is 0.191 e. The summed E-state index contributed by atoms with van der Waals surface area (Å²) in [6.07, 6.45) is 0.272. The summed E-state index contributed by atoms with van der Waals surface area (Å²) in [6, 6.07) is 15.4. The Morgan fingerprint density at radius 3 is 2.69 bits per heavy atom. The summed E-state index contributed by atoms with van der Waals surface area (Å²) in [7, 11) is 0. The van der Waals surface area contributed by atoms with Crippen molar-refractivity contribution in [2.45, 2.75) is 32.9 Å². The second-order valence-corrected chi connectivity index (χ2v) is 7.30. The highest BCUT2D eigenvalue weighted by Gasteiger charge is 2.08. The molecule has 0 amide bonds. The Morgan fingerprint density at radius 1 is 1.17 bits per heavy atom. The van der Waals surface area contributed by atoms with Crippen LogP contribution >= 0.6 is 11.6 Å². The van der Waals surface area contributed by atoms with Crippen LogP contribution in [0.1, 0.15) is 30.8 Å². The molecule has 29 heavy (non-hydrogen) atoms. The van der Waals surface area contributed by atoms with Crippen molar-refractivity contribution in [3.8, 4) is 0 Å². The van der Waals surface area contributed by atoms with Crippen molar-refractivity contribution in [1.29, 1.82) is 0 Å². The molecular weight excluding hydrogens is 386 g/mol. The van der Waals surface area contributed by atoms with Crippen molar-refractivity contribution in [3.05, 3.63) is 64.9 Å². The minimum absolute atomic E-state index is 0.280. The van der Waals surface area contributed by atoms with Crippen LogP contribution in [-0.4, -0.2) is 40.3 Å². The number of nitrogens with zero attached hydrogens (tertiary/aromatic N) is 3. The van der Waals surface area contributed by atoms with Gasteiger partial charge in [-0.05, 0) is 50.1 Å². The van der Waals surface area contributed by atoms with Crippen LogP contribution in [0.25, 0.3) is 11.0 Å². The number of halogens is 1. The maximum absolute atomic E-state index is 10.3. The number of aromatic nitrogens is 2. The first-order valence-electron chi connectivity index (χ1n) is 9.96. The Morgan fingerprint density at radius 2 is 1.93 bits per heavy atom. The lowest BCUT2D eigenvalue weighted by Crippen LogP contribution is -2.38. The lowest BCUT2D eigenvalue weighted by Gasteiger charge is -2.14. The third kappa shape index (κ3) is 5.71. The second kappa shape index (κ2) is 10.3. The average molecular weight is 414 g/mol. The molecule has 0 aliphatic rings. The molecule has 0 radical (unpaired) electrons. The lowest BCUT2D eigenvalue weighted by atomic mass is 10.1. The summed E-state index contributed by atoms with van der Waals surface area (Å²) in [4.78, 5) is 9.12. The standard InChI is InChI=1S/C22H28ClN5O/c1-3-24-22(26-15-21(29)17-9-11-18(23)12-10-17)25-13-6-14-28-16(2)27-19-7-4-5-8-20(19)28/h4-5,7-12,21,29H,3,6,13-15H2,1-2H3,(H2,24,25,26). The Balaban J connectivity index is 1.53. The molecule has 0 aliphatic heterocycles. The molecule has 0 spiro atoms. The van der Waals surface area contributed by atoms with Crippen molar-refractivity contribution in [3.63, 3.8) is 0 Å². The van der Waals surface area contributed by atoms with E-state index >= 15 is 0 Å². The smallest absolute Gasteiger partial charge is 0.191 e. The van der Waals surface area contributed by atoms with Crippen molar-refractivity contribution in [1.82, 2.24) is 20.2 Å². The van der Waals surface area contributed by atoms with Crippen molar-refractivity contribution in [2.75, 3.05) is 19.6 Å². The molecule has 2 aromatic carbocycles. The van der Waals surface area contributed by atoms with Crippen LogP contribution < -0.4 is 10.6 Å². The number of aliphatic hydroxyl groups is 1. The molecule has 0 aliphatic carbocycles. The molecule has 1 unspecified atom stereocenters. The summed E-state index contributed by atoms with van der Waals surface area (Å²) >= 11 is 5.90. The zero-order chi connectivity index (χ0) is 20.6. The van der Waals surface area contributed by atoms with Crippen molar-refractivity contribution in [2.24, 2.45) is 4.99 Å². The van der Waals surface area contributed by atoms with Gasteiger partial charge in [-0.2, -0.15) is 0 Å². The third-order valence-corrected chi connectivity index (χ3v) is 4.97. The van der Waals surface area contributed by atoms with E-state index in [2.05, 4.69) is 31.2 Å². The van der Waals surface area contributed by atoms with Crippen LogP contribution in [0.5, 0.6) is 0 Å². The first-order valence-corrected chi connectivity index (χ1v) is 10.3. The van der Waals surface area contributed by atoms with E-state index in [0.717, 1.165) is 48.5 Å². The zero-order valence-corrected chi connectivity index (χ0v) is 17.7. The molecule has 0 fully saturated rings. The van der Waals surface area contributed by atoms with E-state index in [1.807, 2.05) is 44.2 Å². The molecule has 154 valence electrons. The second-order valence-electron chi connectivity index (χ2n) is 6.87. The molecule has 1 atom stereocenters. The molecule has 3 N–H and O–H groups in total. The Labute approximate surface area is 176 Å². The highest BCUT2D eigenvalue weighted by molar-refractivity contribution is 6.30. The number of aliphatic imine (C=N–C) groups is 1. The van der Waals surface area contributed by atoms with Gasteiger partial charge in [0.25, 0.3) is 0 Å². The van der Waals surface area contributed by atoms with Crippen LogP contribution in [0.4, 0.5) is 0 Å². The Hall–Kier alpha value is -2.57. The van der Waals surface area contributed by atoms with Crippen LogP contribution in [0.2, 0.25) is 5.02 Å². The largest absolute Gasteiger partial charge is 0.386 e. The quantitative estimate of drug-likeness (QED) is 0.299. The molecule has 7 heteroatoms. The number of imidazole rings is 1. The van der Waals surface area contributed by atoms with Gasteiger partial charge in [0, 0.05) is 24.7 Å². The number of para-hydroxylation sites is 2. The maximum atomic E-state index is 10.3. The van der Waals surface area contributed by atoms with Gasteiger partial charge in [-0.3, -0.25) is 4.99 Å². The fraction of sp³-hybridized carbons (Fsp3) is 0.364. The number of benzene rings is 2. The van der Waals surface area contributed by atoms with E-state index in [0.29, 0.717) is 11.0 Å². The first-order chi connectivity index (χ1) is 14.1. The zero-order valence-electron chi connectivity index (χ0n) is 16.9. The number of aliphatic hydroxyl groups excluding tert-OH is 1. The van der Waals surface area contributed by atoms with E-state index in [1.54, 1.807) is 12.1 Å². The minimum atomic E-state index is -0.664. The molecule has 0 saturated heterocycles. The summed E-state index contributed by atoms with van der Waals surface area (Å²) in [5.41, 5.74) is 3.00. The summed E-state index contributed by atoms with van der Waals surface area (Å²) in [6.45, 7) is 6.75. The molecule has 1 heterocycles. The molecule has 6 nitrogen and oxygen atoms in total. The number of aryl methyl sites for hydroxylation is 2. The molecular formula is C22H28ClN5O. The van der Waals surface area contributed by atoms with Crippen molar-refractivity contribution < 1.29 is 5.11 Å².